The van der Waals surface area contributed by atoms with Crippen LogP contribution in [0, 0.1) is 0 Å². The molecule has 5 nitrogen and oxygen atoms in total. The van der Waals surface area contributed by atoms with Crippen LogP contribution in [0.15, 0.2) is 0 Å². The Morgan fingerprint density at radius 1 is 0.440 bits per heavy atom. The molecule has 0 aromatic heterocycles. The predicted molar refractivity (Wildman–Crippen MR) is 219 cm³/mol. The Labute approximate surface area is 330 Å². The summed E-state index contributed by atoms with van der Waals surface area (Å²) >= 11 is 0. The van der Waals surface area contributed by atoms with E-state index in [9.17, 15) is 19.8 Å². The van der Waals surface area contributed by atoms with Gasteiger partial charge < -0.3 is 24.0 Å². The van der Waals surface area contributed by atoms with Crippen molar-refractivity contribution in [3.05, 3.63) is 0 Å². The molecule has 296 valence electrons. The van der Waals surface area contributed by atoms with Crippen LogP contribution in [0.5, 0.6) is 0 Å². The fourth-order valence-electron chi connectivity index (χ4n) is 6.06. The average molecular weight is 794 g/mol. The molecule has 0 atom stereocenters. The van der Waals surface area contributed by atoms with E-state index in [1.807, 2.05) is 0 Å². The molecule has 0 aromatic carbocycles. The van der Waals surface area contributed by atoms with Crippen molar-refractivity contribution >= 4 is 29.1 Å². The predicted octanol–water partition coefficient (Wildman–Crippen LogP) is 11.7. The van der Waals surface area contributed by atoms with Crippen molar-refractivity contribution in [1.82, 2.24) is 4.23 Å². The molecule has 0 fully saturated rings. The van der Waals surface area contributed by atoms with Gasteiger partial charge in [-0.15, -0.1) is 0 Å². The van der Waals surface area contributed by atoms with E-state index < -0.39 is 29.1 Å². The van der Waals surface area contributed by atoms with Crippen molar-refractivity contribution in [2.45, 2.75) is 252 Å². The molecule has 0 radical (unpaired) electrons. The molecule has 0 heterocycles. The summed E-state index contributed by atoms with van der Waals surface area (Å²) in [4.78, 5) is 20.4. The van der Waals surface area contributed by atoms with Crippen LogP contribution < -0.4 is 10.2 Å². The van der Waals surface area contributed by atoms with Gasteiger partial charge in [0.1, 0.15) is 8.24 Å². The Kier molecular flexibility index (Phi) is 51.2. The zero-order valence-electron chi connectivity index (χ0n) is 35.5. The second-order valence-electron chi connectivity index (χ2n) is 16.0. The Morgan fingerprint density at radius 3 is 0.740 bits per heavy atom. The van der Waals surface area contributed by atoms with Crippen LogP contribution in [0.1, 0.15) is 219 Å². The molecule has 0 rings (SSSR count). The molecule has 0 saturated heterocycles. The van der Waals surface area contributed by atoms with Crippen LogP contribution in [-0.2, 0) is 29.1 Å². The molecular weight excluding hydrogens is 704 g/mol. The van der Waals surface area contributed by atoms with Crippen LogP contribution in [0.2, 0.25) is 32.7 Å². The van der Waals surface area contributed by atoms with Crippen LogP contribution in [0.25, 0.3) is 0 Å². The van der Waals surface area contributed by atoms with Gasteiger partial charge in [-0.2, -0.15) is 0 Å². The Hall–Kier alpha value is -0.0429. The van der Waals surface area contributed by atoms with Gasteiger partial charge in [0, 0.05) is 11.9 Å². The Balaban J connectivity index is -0.000000336. The first-order valence-corrected chi connectivity index (χ1v) is 27.8. The Bertz CT molecular complexity index is 633. The first-order chi connectivity index (χ1) is 23.4. The minimum atomic E-state index is -0.929. The molecule has 0 saturated carbocycles. The second-order valence-corrected chi connectivity index (χ2v) is 24.5. The van der Waals surface area contributed by atoms with Crippen LogP contribution >= 0.6 is 0 Å². The van der Waals surface area contributed by atoms with Crippen molar-refractivity contribution in [3.63, 3.8) is 0 Å². The summed E-state index contributed by atoms with van der Waals surface area (Å²) in [5.41, 5.74) is 0. The number of carboxylic acids is 2. The third kappa shape index (κ3) is 54.7. The molecule has 0 spiro atoms. The summed E-state index contributed by atoms with van der Waals surface area (Å²) in [6.07, 6.45) is 39.7. The number of hydrogen-bond donors (Lipinski definition) is 0. The van der Waals surface area contributed by atoms with E-state index in [4.69, 9.17) is 0 Å². The maximum atomic E-state index is 10.2. The van der Waals surface area contributed by atoms with E-state index in [0.717, 1.165) is 25.7 Å². The maximum Gasteiger partial charge on any atom is 2.00 e. The summed E-state index contributed by atoms with van der Waals surface area (Å²) < 4.78 is 2.63. The van der Waals surface area contributed by atoms with E-state index in [2.05, 4.69) is 57.9 Å². The van der Waals surface area contributed by atoms with Crippen LogP contribution in [-0.4, -0.2) is 40.4 Å². The van der Waals surface area contributed by atoms with Crippen molar-refractivity contribution in [1.29, 1.82) is 0 Å². The van der Waals surface area contributed by atoms with Crippen molar-refractivity contribution < 1.29 is 39.3 Å². The molecule has 0 unspecified atom stereocenters. The summed E-state index contributed by atoms with van der Waals surface area (Å²) in [7, 11) is 0.858. The van der Waals surface area contributed by atoms with Gasteiger partial charge in [0.15, 0.2) is 0 Å². The largest absolute Gasteiger partial charge is 2.00 e. The first-order valence-electron chi connectivity index (χ1n) is 21.5. The molecule has 0 aliphatic heterocycles. The minimum absolute atomic E-state index is 0. The van der Waals surface area contributed by atoms with E-state index in [0.29, 0.717) is 0 Å². The van der Waals surface area contributed by atoms with Gasteiger partial charge in [0.25, 0.3) is 0 Å². The molecule has 50 heavy (non-hydrogen) atoms. The number of carbonyl (C=O) groups is 2. The summed E-state index contributed by atoms with van der Waals surface area (Å²) in [6.45, 7) is 16.5. The van der Waals surface area contributed by atoms with Gasteiger partial charge in [0.2, 0.25) is 0 Å². The van der Waals surface area contributed by atoms with Crippen molar-refractivity contribution in [3.8, 4) is 0 Å². The number of aliphatic carboxylic acids is 2. The number of nitrogens with zero attached hydrogens (tertiary/aromatic N) is 1. The van der Waals surface area contributed by atoms with Crippen LogP contribution in [0.3, 0.4) is 0 Å². The fourth-order valence-corrected chi connectivity index (χ4v) is 12.3. The van der Waals surface area contributed by atoms with E-state index in [1.165, 1.54) is 167 Å². The number of hydrogen-bond acceptors (Lipinski definition) is 5. The minimum Gasteiger partial charge on any atom is -0.550 e. The smallest absolute Gasteiger partial charge is 0.550 e. The second kappa shape index (κ2) is 45.1. The monoisotopic (exact) mass is 792 g/mol. The average Bonchev–Trinajstić information content (AvgIpc) is 3.04. The van der Waals surface area contributed by atoms with E-state index in [-0.39, 0.29) is 32.3 Å². The van der Waals surface area contributed by atoms with E-state index >= 15 is 0 Å². The number of unbranched alkanes of at least 4 members (excludes halogenated alkanes) is 28. The van der Waals surface area contributed by atoms with Gasteiger partial charge in [-0.3, -0.25) is 0 Å². The normalized spacial score (nSPS) is 11.1. The third-order valence-electron chi connectivity index (χ3n) is 9.80. The third-order valence-corrected chi connectivity index (χ3v) is 17.3. The van der Waals surface area contributed by atoms with E-state index in [1.54, 1.807) is 0 Å². The maximum absolute atomic E-state index is 10.2. The topological polar surface area (TPSA) is 83.5 Å². The zero-order chi connectivity index (χ0) is 37.4. The van der Waals surface area contributed by atoms with Gasteiger partial charge >= 0.3 is 19.5 Å². The molecule has 8 heteroatoms. The molecule has 0 aromatic rings. The molecule has 0 aliphatic carbocycles. The first kappa shape index (κ1) is 56.7. The number of rotatable bonds is 34. The molecular formula is C42H89NO4Si2Zn. The number of carboxylic acid groups (broad SMARTS) is 2. The fraction of sp³-hybridized carbons (Fsp3) is 0.952. The van der Waals surface area contributed by atoms with Gasteiger partial charge in [-0.1, -0.05) is 226 Å². The van der Waals surface area contributed by atoms with Gasteiger partial charge in [-0.25, -0.2) is 0 Å². The van der Waals surface area contributed by atoms with Gasteiger partial charge in [-0.05, 0) is 32.7 Å². The summed E-state index contributed by atoms with van der Waals surface area (Å²) in [6, 6.07) is 0. The summed E-state index contributed by atoms with van der Waals surface area (Å²) in [5.74, 6) is -1.81. The quantitative estimate of drug-likeness (QED) is 0.0479. The van der Waals surface area contributed by atoms with Crippen LogP contribution in [0.4, 0.5) is 0 Å². The van der Waals surface area contributed by atoms with Crippen molar-refractivity contribution in [2.75, 3.05) is 7.05 Å². The van der Waals surface area contributed by atoms with Crippen molar-refractivity contribution in [2.24, 2.45) is 0 Å². The Morgan fingerprint density at radius 2 is 0.620 bits per heavy atom. The van der Waals surface area contributed by atoms with Gasteiger partial charge in [0.05, 0.1) is 8.96 Å². The molecule has 0 aliphatic rings. The standard InChI is InChI=1S/2C18H36O2.C6H19NSi2.Zn/c2*1-2-3-4-5-6-7-8-9-10-11-12-13-14-15-16-17-18(19)20;1-7(8(2)3)9(4,5)6;/h2*2-17H2,1H3,(H,19,20);8H,1-6H3;/q;;;+2/p-2. The summed E-state index contributed by atoms with van der Waals surface area (Å²) in [5, 5.41) is 20.4. The molecule has 0 bridgehead atoms. The SMILES string of the molecule is CCCCCCCCCCCCCCCCCC(=O)[O-].CCCCCCCCCCCCCCCCCC(=O)[O-].CN([SiH](C)C)[Si](C)(C)C.[Zn+2]. The molecule has 0 amide bonds. The zero-order valence-corrected chi connectivity index (χ0v) is 40.6. The number of carbonyl (C=O) groups excluding carboxylic acids is 2. The molecule has 0 N–H and O–H groups in total.